The zero-order valence-corrected chi connectivity index (χ0v) is 13.8. The number of nitro benzene ring substituents is 1. The number of hydrogen-bond donors (Lipinski definition) is 0. The standard InChI is InChI=1S/C16H11BrF3NO3/c1-2-5-24-14-8-13(19)15(20)11(16(14)21(22)23)6-9-3-4-10(17)7-12(9)18/h2-4,7-8H,1,5-6H2. The van der Waals surface area contributed by atoms with Gasteiger partial charge in [0.25, 0.3) is 0 Å². The molecule has 0 atom stereocenters. The fourth-order valence-electron chi connectivity index (χ4n) is 2.12. The lowest BCUT2D eigenvalue weighted by Gasteiger charge is -2.11. The summed E-state index contributed by atoms with van der Waals surface area (Å²) in [5.74, 6) is -3.86. The minimum absolute atomic E-state index is 0.0135. The van der Waals surface area contributed by atoms with Crippen molar-refractivity contribution in [3.63, 3.8) is 0 Å². The normalized spacial score (nSPS) is 10.5. The van der Waals surface area contributed by atoms with Gasteiger partial charge in [-0.1, -0.05) is 34.7 Å². The van der Waals surface area contributed by atoms with E-state index in [2.05, 4.69) is 22.5 Å². The van der Waals surface area contributed by atoms with Crippen molar-refractivity contribution >= 4 is 21.6 Å². The van der Waals surface area contributed by atoms with E-state index in [-0.39, 0.29) is 12.2 Å². The fraction of sp³-hybridized carbons (Fsp3) is 0.125. The molecule has 2 rings (SSSR count). The van der Waals surface area contributed by atoms with Crippen LogP contribution in [0.1, 0.15) is 11.1 Å². The average molecular weight is 402 g/mol. The first-order chi connectivity index (χ1) is 11.3. The molecule has 0 amide bonds. The Kier molecular flexibility index (Phi) is 5.61. The van der Waals surface area contributed by atoms with Gasteiger partial charge in [0.1, 0.15) is 12.4 Å². The first-order valence-corrected chi connectivity index (χ1v) is 7.47. The van der Waals surface area contributed by atoms with Crippen LogP contribution in [0.15, 0.2) is 41.4 Å². The number of benzene rings is 2. The van der Waals surface area contributed by atoms with Crippen molar-refractivity contribution in [2.24, 2.45) is 0 Å². The van der Waals surface area contributed by atoms with Crippen LogP contribution in [0.25, 0.3) is 0 Å². The highest BCUT2D eigenvalue weighted by atomic mass is 79.9. The Bertz CT molecular complexity index is 812. The van der Waals surface area contributed by atoms with E-state index >= 15 is 0 Å². The summed E-state index contributed by atoms with van der Waals surface area (Å²) in [4.78, 5) is 10.4. The van der Waals surface area contributed by atoms with Gasteiger partial charge < -0.3 is 4.74 Å². The number of rotatable bonds is 6. The van der Waals surface area contributed by atoms with Crippen LogP contribution >= 0.6 is 15.9 Å². The van der Waals surface area contributed by atoms with Gasteiger partial charge in [0.15, 0.2) is 11.6 Å². The van der Waals surface area contributed by atoms with Gasteiger partial charge in [-0.3, -0.25) is 10.1 Å². The van der Waals surface area contributed by atoms with Gasteiger partial charge in [-0.05, 0) is 17.7 Å². The second-order valence-corrected chi connectivity index (χ2v) is 5.68. The summed E-state index contributed by atoms with van der Waals surface area (Å²) in [6, 6.07) is 4.56. The second-order valence-electron chi connectivity index (χ2n) is 4.77. The van der Waals surface area contributed by atoms with E-state index in [1.165, 1.54) is 18.2 Å². The summed E-state index contributed by atoms with van der Waals surface area (Å²) in [5.41, 5.74) is -1.33. The molecule has 0 aliphatic rings. The molecule has 0 N–H and O–H groups in total. The monoisotopic (exact) mass is 401 g/mol. The molecule has 0 spiro atoms. The number of nitrogens with zero attached hydrogens (tertiary/aromatic N) is 1. The lowest BCUT2D eigenvalue weighted by molar-refractivity contribution is -0.386. The first-order valence-electron chi connectivity index (χ1n) is 6.68. The summed E-state index contributed by atoms with van der Waals surface area (Å²) in [6.07, 6.45) is 0.808. The Morgan fingerprint density at radius 2 is 1.96 bits per heavy atom. The molecule has 0 unspecified atom stereocenters. The quantitative estimate of drug-likeness (QED) is 0.391. The molecule has 126 valence electrons. The predicted molar refractivity (Wildman–Crippen MR) is 85.6 cm³/mol. The largest absolute Gasteiger partial charge is 0.483 e. The van der Waals surface area contributed by atoms with Gasteiger partial charge in [-0.25, -0.2) is 13.2 Å². The molecule has 4 nitrogen and oxygen atoms in total. The molecule has 0 aromatic heterocycles. The molecule has 0 saturated heterocycles. The maximum Gasteiger partial charge on any atom is 0.317 e. The van der Waals surface area contributed by atoms with Crippen molar-refractivity contribution in [1.29, 1.82) is 0 Å². The Hall–Kier alpha value is -2.35. The number of ether oxygens (including phenoxy) is 1. The zero-order valence-electron chi connectivity index (χ0n) is 12.2. The van der Waals surface area contributed by atoms with E-state index < -0.39 is 45.8 Å². The third-order valence-corrected chi connectivity index (χ3v) is 3.67. The van der Waals surface area contributed by atoms with Crippen LogP contribution in [0, 0.1) is 27.6 Å². The Morgan fingerprint density at radius 3 is 2.54 bits per heavy atom. The van der Waals surface area contributed by atoms with Crippen LogP contribution in [-0.4, -0.2) is 11.5 Å². The van der Waals surface area contributed by atoms with Gasteiger partial charge in [0, 0.05) is 17.0 Å². The smallest absolute Gasteiger partial charge is 0.317 e. The Morgan fingerprint density at radius 1 is 1.25 bits per heavy atom. The number of hydrogen-bond acceptors (Lipinski definition) is 3. The zero-order chi connectivity index (χ0) is 17.9. The summed E-state index contributed by atoms with van der Waals surface area (Å²) >= 11 is 3.07. The minimum Gasteiger partial charge on any atom is -0.483 e. The number of nitro groups is 1. The van der Waals surface area contributed by atoms with Gasteiger partial charge >= 0.3 is 5.69 Å². The fourth-order valence-corrected chi connectivity index (χ4v) is 2.45. The van der Waals surface area contributed by atoms with Crippen LogP contribution in [0.4, 0.5) is 18.9 Å². The van der Waals surface area contributed by atoms with Crippen LogP contribution in [-0.2, 0) is 6.42 Å². The van der Waals surface area contributed by atoms with Crippen molar-refractivity contribution in [1.82, 2.24) is 0 Å². The first kappa shape index (κ1) is 18.0. The summed E-state index contributed by atoms with van der Waals surface area (Å²) in [6.45, 7) is 3.26. The highest BCUT2D eigenvalue weighted by molar-refractivity contribution is 9.10. The van der Waals surface area contributed by atoms with Gasteiger partial charge in [-0.15, -0.1) is 0 Å². The highest BCUT2D eigenvalue weighted by Gasteiger charge is 2.29. The molecule has 8 heteroatoms. The van der Waals surface area contributed by atoms with E-state index in [1.54, 1.807) is 0 Å². The number of halogens is 4. The van der Waals surface area contributed by atoms with E-state index in [1.807, 2.05) is 0 Å². The van der Waals surface area contributed by atoms with Gasteiger partial charge in [-0.2, -0.15) is 0 Å². The van der Waals surface area contributed by atoms with Crippen molar-refractivity contribution in [3.05, 3.63) is 80.1 Å². The van der Waals surface area contributed by atoms with Gasteiger partial charge in [0.05, 0.1) is 10.5 Å². The molecule has 2 aromatic rings. The second kappa shape index (κ2) is 7.48. The van der Waals surface area contributed by atoms with Crippen molar-refractivity contribution in [2.75, 3.05) is 6.61 Å². The van der Waals surface area contributed by atoms with E-state index in [0.29, 0.717) is 10.5 Å². The minimum atomic E-state index is -1.41. The summed E-state index contributed by atoms with van der Waals surface area (Å²) in [7, 11) is 0. The van der Waals surface area contributed by atoms with Crippen LogP contribution in [0.5, 0.6) is 5.75 Å². The molecule has 0 heterocycles. The lowest BCUT2D eigenvalue weighted by Crippen LogP contribution is -2.07. The molecular formula is C16H11BrF3NO3. The highest BCUT2D eigenvalue weighted by Crippen LogP contribution is 2.36. The van der Waals surface area contributed by atoms with E-state index in [4.69, 9.17) is 4.74 Å². The van der Waals surface area contributed by atoms with E-state index in [0.717, 1.165) is 6.07 Å². The molecule has 0 aliphatic heterocycles. The molecule has 0 radical (unpaired) electrons. The molecule has 0 saturated carbocycles. The van der Waals surface area contributed by atoms with Crippen LogP contribution in [0.3, 0.4) is 0 Å². The average Bonchev–Trinajstić information content (AvgIpc) is 2.51. The van der Waals surface area contributed by atoms with E-state index in [9.17, 15) is 23.3 Å². The Labute approximate surface area is 143 Å². The molecule has 0 aliphatic carbocycles. The van der Waals surface area contributed by atoms with Crippen LogP contribution < -0.4 is 4.74 Å². The molecule has 0 fully saturated rings. The summed E-state index contributed by atoms with van der Waals surface area (Å²) < 4.78 is 47.3. The Balaban J connectivity index is 2.59. The van der Waals surface area contributed by atoms with Crippen molar-refractivity contribution in [2.45, 2.75) is 6.42 Å². The predicted octanol–water partition coefficient (Wildman–Crippen LogP) is 4.93. The maximum atomic E-state index is 14.1. The third-order valence-electron chi connectivity index (χ3n) is 3.17. The van der Waals surface area contributed by atoms with Crippen LogP contribution in [0.2, 0.25) is 0 Å². The SMILES string of the molecule is C=CCOc1cc(F)c(F)c(Cc2ccc(Br)cc2F)c1[N+](=O)[O-]. The summed E-state index contributed by atoms with van der Waals surface area (Å²) in [5, 5.41) is 11.3. The molecule has 2 aromatic carbocycles. The molecule has 24 heavy (non-hydrogen) atoms. The van der Waals surface area contributed by atoms with Crippen molar-refractivity contribution in [3.8, 4) is 5.75 Å². The molecule has 0 bridgehead atoms. The lowest BCUT2D eigenvalue weighted by atomic mass is 10.0. The van der Waals surface area contributed by atoms with Crippen molar-refractivity contribution < 1.29 is 22.8 Å². The molecular weight excluding hydrogens is 391 g/mol. The topological polar surface area (TPSA) is 52.4 Å². The third kappa shape index (κ3) is 3.76. The van der Waals surface area contributed by atoms with Gasteiger partial charge in [0.2, 0.25) is 5.75 Å². The maximum absolute atomic E-state index is 14.1.